The Labute approximate surface area is 174 Å². The van der Waals surface area contributed by atoms with E-state index in [9.17, 15) is 8.42 Å². The lowest BCUT2D eigenvalue weighted by Crippen LogP contribution is -2.13. The molecule has 0 saturated carbocycles. The topological polar surface area (TPSA) is 115 Å². The highest BCUT2D eigenvalue weighted by Gasteiger charge is 2.18. The van der Waals surface area contributed by atoms with Crippen molar-refractivity contribution < 1.29 is 12.8 Å². The average molecular weight is 433 g/mol. The number of hydrogen-bond acceptors (Lipinski definition) is 6. The van der Waals surface area contributed by atoms with Gasteiger partial charge in [0, 0.05) is 28.9 Å². The van der Waals surface area contributed by atoms with Gasteiger partial charge >= 0.3 is 0 Å². The minimum absolute atomic E-state index is 0. The molecule has 2 heterocycles. The first-order valence-corrected chi connectivity index (χ1v) is 10.9. The van der Waals surface area contributed by atoms with Gasteiger partial charge in [0.25, 0.3) is 0 Å². The van der Waals surface area contributed by atoms with Gasteiger partial charge in [-0.05, 0) is 35.7 Å². The van der Waals surface area contributed by atoms with Crippen molar-refractivity contribution in [3.05, 3.63) is 71.7 Å². The first-order valence-electron chi connectivity index (χ1n) is 8.80. The Morgan fingerprint density at radius 3 is 2.55 bits per heavy atom. The first kappa shape index (κ1) is 21.0. The number of nitrogens with two attached hydrogens (primary N) is 1. The molecule has 0 bridgehead atoms. The van der Waals surface area contributed by atoms with Crippen molar-refractivity contribution in [1.29, 1.82) is 0 Å². The number of benzene rings is 2. The first-order chi connectivity index (χ1) is 13.4. The van der Waals surface area contributed by atoms with E-state index < -0.39 is 15.9 Å². The molecule has 29 heavy (non-hydrogen) atoms. The fourth-order valence-corrected chi connectivity index (χ4v) is 3.97. The summed E-state index contributed by atoms with van der Waals surface area (Å²) in [5.74, 6) is 0.716. The molecule has 0 aliphatic rings. The van der Waals surface area contributed by atoms with Crippen molar-refractivity contribution in [1.82, 2.24) is 15.2 Å². The third-order valence-electron chi connectivity index (χ3n) is 4.50. The number of nitrogens with zero attached hydrogens (tertiary/aromatic N) is 2. The summed E-state index contributed by atoms with van der Waals surface area (Å²) in [6, 6.07) is 14.6. The highest BCUT2D eigenvalue weighted by molar-refractivity contribution is 7.89. The van der Waals surface area contributed by atoms with Gasteiger partial charge in [0.1, 0.15) is 0 Å². The van der Waals surface area contributed by atoms with Crippen LogP contribution in [0.15, 0.2) is 59.1 Å². The van der Waals surface area contributed by atoms with Gasteiger partial charge in [-0.3, -0.25) is 0 Å². The highest BCUT2D eigenvalue weighted by Crippen LogP contribution is 2.25. The fraction of sp³-hybridized carbons (Fsp3) is 0.200. The predicted octanol–water partition coefficient (Wildman–Crippen LogP) is 3.43. The molecule has 1 atom stereocenters. The van der Waals surface area contributed by atoms with Crippen LogP contribution in [0.1, 0.15) is 23.1 Å². The van der Waals surface area contributed by atoms with E-state index in [2.05, 4.69) is 15.2 Å². The van der Waals surface area contributed by atoms with E-state index >= 15 is 0 Å². The van der Waals surface area contributed by atoms with Crippen molar-refractivity contribution in [3.63, 3.8) is 0 Å². The lowest BCUT2D eigenvalue weighted by atomic mass is 10.1. The molecule has 152 valence electrons. The van der Waals surface area contributed by atoms with Crippen LogP contribution >= 0.6 is 12.4 Å². The monoisotopic (exact) mass is 432 g/mol. The molecule has 2 aromatic heterocycles. The molecule has 4 aromatic rings. The molecule has 7 nitrogen and oxygen atoms in total. The molecule has 0 aliphatic carbocycles. The summed E-state index contributed by atoms with van der Waals surface area (Å²) in [5.41, 5.74) is 9.86. The van der Waals surface area contributed by atoms with Crippen LogP contribution in [0.3, 0.4) is 0 Å². The minimum Gasteiger partial charge on any atom is -0.419 e. The molecule has 0 unspecified atom stereocenters. The van der Waals surface area contributed by atoms with Gasteiger partial charge in [-0.25, -0.2) is 8.42 Å². The minimum atomic E-state index is -3.07. The number of aromatic amines is 1. The molecule has 9 heteroatoms. The quantitative estimate of drug-likeness (QED) is 0.482. The summed E-state index contributed by atoms with van der Waals surface area (Å²) in [6.07, 6.45) is 3.72. The number of rotatable bonds is 6. The summed E-state index contributed by atoms with van der Waals surface area (Å²) in [4.78, 5) is 3.23. The number of para-hydroxylation sites is 1. The molecule has 4 rings (SSSR count). The van der Waals surface area contributed by atoms with Crippen LogP contribution in [0.2, 0.25) is 0 Å². The lowest BCUT2D eigenvalue weighted by molar-refractivity contribution is 0.457. The van der Waals surface area contributed by atoms with Gasteiger partial charge < -0.3 is 15.1 Å². The third-order valence-corrected chi connectivity index (χ3v) is 5.36. The second-order valence-corrected chi connectivity index (χ2v) is 9.02. The average Bonchev–Trinajstić information content (AvgIpc) is 3.29. The molecule has 0 saturated heterocycles. The third kappa shape index (κ3) is 4.84. The number of H-pyrrole nitrogens is 1. The molecule has 0 fully saturated rings. The standard InChI is InChI=1S/C20H20N4O3S.ClH/c1-28(25,26)12-13-6-8-14(9-7-13)19-23-24-20(27-19)17(21)10-15-11-22-18-5-3-2-4-16(15)18;/h2-9,11,17,22H,10,12,21H2,1H3;1H/t17-;/m0./s1. The summed E-state index contributed by atoms with van der Waals surface area (Å²) in [5, 5.41) is 9.29. The van der Waals surface area contributed by atoms with Crippen molar-refractivity contribution >= 4 is 33.1 Å². The SMILES string of the molecule is CS(=O)(=O)Cc1ccc(-c2nnc([C@@H](N)Cc3c[nH]c4ccccc34)o2)cc1.Cl. The van der Waals surface area contributed by atoms with Gasteiger partial charge in [0.05, 0.1) is 11.8 Å². The summed E-state index contributed by atoms with van der Waals surface area (Å²) >= 11 is 0. The van der Waals surface area contributed by atoms with E-state index in [0.717, 1.165) is 22.0 Å². The smallest absolute Gasteiger partial charge is 0.247 e. The maximum atomic E-state index is 11.4. The van der Waals surface area contributed by atoms with Crippen LogP contribution < -0.4 is 5.73 Å². The number of sulfone groups is 1. The normalized spacial score (nSPS) is 12.6. The molecule has 3 N–H and O–H groups in total. The maximum absolute atomic E-state index is 11.4. The second-order valence-electron chi connectivity index (χ2n) is 6.88. The van der Waals surface area contributed by atoms with Gasteiger partial charge in [0.2, 0.25) is 11.8 Å². The highest BCUT2D eigenvalue weighted by atomic mass is 35.5. The molecule has 0 aliphatic heterocycles. The Bertz CT molecular complexity index is 1220. The lowest BCUT2D eigenvalue weighted by Gasteiger charge is -2.06. The summed E-state index contributed by atoms with van der Waals surface area (Å²) in [7, 11) is -3.07. The molecule has 0 spiro atoms. The van der Waals surface area contributed by atoms with Gasteiger partial charge in [-0.1, -0.05) is 30.3 Å². The van der Waals surface area contributed by atoms with E-state index in [-0.39, 0.29) is 18.2 Å². The number of nitrogens with one attached hydrogen (secondary N) is 1. The zero-order valence-corrected chi connectivity index (χ0v) is 17.3. The Hall–Kier alpha value is -2.68. The largest absolute Gasteiger partial charge is 0.419 e. The van der Waals surface area contributed by atoms with Gasteiger partial charge in [-0.15, -0.1) is 22.6 Å². The van der Waals surface area contributed by atoms with E-state index in [1.807, 2.05) is 30.5 Å². The van der Waals surface area contributed by atoms with E-state index in [1.54, 1.807) is 24.3 Å². The predicted molar refractivity (Wildman–Crippen MR) is 114 cm³/mol. The number of fused-ring (bicyclic) bond motifs is 1. The second kappa shape index (κ2) is 8.36. The van der Waals surface area contributed by atoms with Crippen LogP contribution in [-0.4, -0.2) is 29.9 Å². The molecular formula is C20H21ClN4O3S. The van der Waals surface area contributed by atoms with Crippen molar-refractivity contribution in [2.24, 2.45) is 5.73 Å². The zero-order chi connectivity index (χ0) is 19.7. The van der Waals surface area contributed by atoms with Crippen LogP contribution in [0.5, 0.6) is 0 Å². The van der Waals surface area contributed by atoms with Crippen LogP contribution in [0.25, 0.3) is 22.4 Å². The van der Waals surface area contributed by atoms with Gasteiger partial charge in [0.15, 0.2) is 9.84 Å². The van der Waals surface area contributed by atoms with Crippen LogP contribution in [0, 0.1) is 0 Å². The molecule has 0 amide bonds. The summed E-state index contributed by atoms with van der Waals surface area (Å²) < 4.78 is 28.5. The molecule has 2 aromatic carbocycles. The summed E-state index contributed by atoms with van der Waals surface area (Å²) in [6.45, 7) is 0. The van der Waals surface area contributed by atoms with Crippen LogP contribution in [0.4, 0.5) is 0 Å². The van der Waals surface area contributed by atoms with Crippen molar-refractivity contribution in [2.45, 2.75) is 18.2 Å². The Morgan fingerprint density at radius 1 is 1.10 bits per heavy atom. The van der Waals surface area contributed by atoms with E-state index in [0.29, 0.717) is 23.8 Å². The van der Waals surface area contributed by atoms with Gasteiger partial charge in [-0.2, -0.15) is 0 Å². The van der Waals surface area contributed by atoms with Crippen molar-refractivity contribution in [3.8, 4) is 11.5 Å². The van der Waals surface area contributed by atoms with E-state index in [4.69, 9.17) is 10.2 Å². The number of hydrogen-bond donors (Lipinski definition) is 2. The fourth-order valence-electron chi connectivity index (χ4n) is 3.17. The maximum Gasteiger partial charge on any atom is 0.247 e. The zero-order valence-electron chi connectivity index (χ0n) is 15.7. The number of aromatic nitrogens is 3. The number of halogens is 1. The molecule has 0 radical (unpaired) electrons. The Kier molecular flexibility index (Phi) is 6.07. The molecular weight excluding hydrogens is 412 g/mol. The van der Waals surface area contributed by atoms with Crippen LogP contribution in [-0.2, 0) is 22.0 Å². The Balaban J connectivity index is 0.00000240. The Morgan fingerprint density at radius 2 is 1.83 bits per heavy atom. The van der Waals surface area contributed by atoms with E-state index in [1.165, 1.54) is 6.26 Å². The van der Waals surface area contributed by atoms with Crippen molar-refractivity contribution in [2.75, 3.05) is 6.26 Å².